The molecule has 2 heteroatoms. The fourth-order valence-electron chi connectivity index (χ4n) is 4.08. The highest BCUT2D eigenvalue weighted by atomic mass is 32.1. The minimum absolute atomic E-state index is 1.30. The van der Waals surface area contributed by atoms with Crippen LogP contribution in [0.2, 0.25) is 0 Å². The molecular weight excluding hydrogens is 400 g/mol. The lowest BCUT2D eigenvalue weighted by Gasteiger charge is -2.07. The van der Waals surface area contributed by atoms with Crippen molar-refractivity contribution in [2.75, 3.05) is 0 Å². The summed E-state index contributed by atoms with van der Waals surface area (Å²) in [4.78, 5) is 0. The Bertz CT molecular complexity index is 1410. The molecule has 7 rings (SSSR count). The fourth-order valence-corrected chi connectivity index (χ4v) is 5.91. The first-order valence-corrected chi connectivity index (χ1v) is 11.8. The molecule has 0 nitrogen and oxygen atoms in total. The Morgan fingerprint density at radius 2 is 0.633 bits per heavy atom. The van der Waals surface area contributed by atoms with E-state index in [-0.39, 0.29) is 0 Å². The second kappa shape index (κ2) is 7.24. The number of hydrogen-bond acceptors (Lipinski definition) is 2. The summed E-state index contributed by atoms with van der Waals surface area (Å²) in [6.45, 7) is 0. The van der Waals surface area contributed by atoms with Crippen molar-refractivity contribution in [3.8, 4) is 0 Å². The summed E-state index contributed by atoms with van der Waals surface area (Å²) >= 11 is 3.61. The molecule has 0 aliphatic heterocycles. The largest absolute Gasteiger partial charge is 0.143 e. The molecule has 0 N–H and O–H groups in total. The van der Waals surface area contributed by atoms with Gasteiger partial charge in [0, 0.05) is 9.40 Å². The molecule has 0 aliphatic rings. The van der Waals surface area contributed by atoms with E-state index in [2.05, 4.69) is 108 Å². The van der Waals surface area contributed by atoms with E-state index < -0.39 is 0 Å². The molecule has 0 saturated carbocycles. The van der Waals surface area contributed by atoms with Crippen LogP contribution in [0.3, 0.4) is 0 Å². The maximum absolute atomic E-state index is 2.31. The number of benzene rings is 5. The molecule has 2 heterocycles. The molecule has 0 radical (unpaired) electrons. The van der Waals surface area contributed by atoms with E-state index in [0.717, 1.165) is 0 Å². The highest BCUT2D eigenvalue weighted by Gasteiger charge is 2.02. The lowest BCUT2D eigenvalue weighted by atomic mass is 9.97. The number of thiophene rings is 2. The van der Waals surface area contributed by atoms with E-state index in [1.807, 2.05) is 0 Å². The Morgan fingerprint density at radius 3 is 0.967 bits per heavy atom. The first-order valence-electron chi connectivity index (χ1n) is 9.99. The van der Waals surface area contributed by atoms with Crippen molar-refractivity contribution in [1.29, 1.82) is 0 Å². The predicted molar refractivity (Wildman–Crippen MR) is 136 cm³/mol. The van der Waals surface area contributed by atoms with Crippen LogP contribution in [0.15, 0.2) is 108 Å². The third-order valence-corrected chi connectivity index (χ3v) is 7.49. The maximum atomic E-state index is 2.31. The van der Waals surface area contributed by atoms with Crippen LogP contribution in [0.1, 0.15) is 0 Å². The zero-order chi connectivity index (χ0) is 19.9. The van der Waals surface area contributed by atoms with Gasteiger partial charge >= 0.3 is 0 Å². The lowest BCUT2D eigenvalue weighted by molar-refractivity contribution is 1.78. The topological polar surface area (TPSA) is 0 Å². The van der Waals surface area contributed by atoms with Gasteiger partial charge in [0.2, 0.25) is 0 Å². The molecule has 7 aromatic rings. The maximum Gasteiger partial charge on any atom is 0.0450 e. The molecule has 2 aromatic heterocycles. The smallest absolute Gasteiger partial charge is 0.0450 e. The van der Waals surface area contributed by atoms with Crippen LogP contribution < -0.4 is 0 Å². The van der Waals surface area contributed by atoms with Gasteiger partial charge in [0.15, 0.2) is 0 Å². The van der Waals surface area contributed by atoms with Crippen molar-refractivity contribution in [3.63, 3.8) is 0 Å². The molecule has 142 valence electrons. The number of fused-ring (bicyclic) bond motifs is 5. The van der Waals surface area contributed by atoms with Gasteiger partial charge in [0.25, 0.3) is 0 Å². The molecular formula is C28H18S2. The third-order valence-electron chi connectivity index (χ3n) is 5.60. The zero-order valence-electron chi connectivity index (χ0n) is 16.2. The SMILES string of the molecule is c1cc2sccc2s1.c1ccc2cc3cc4cc5ccccc5cc4cc3cc2c1. The predicted octanol–water partition coefficient (Wildman–Crippen LogP) is 9.26. The van der Waals surface area contributed by atoms with Gasteiger partial charge in [0.1, 0.15) is 0 Å². The minimum atomic E-state index is 1.30. The molecule has 30 heavy (non-hydrogen) atoms. The van der Waals surface area contributed by atoms with Crippen molar-refractivity contribution < 1.29 is 0 Å². The number of rotatable bonds is 0. The van der Waals surface area contributed by atoms with E-state index >= 15 is 0 Å². The van der Waals surface area contributed by atoms with Gasteiger partial charge in [-0.25, -0.2) is 0 Å². The van der Waals surface area contributed by atoms with Crippen LogP contribution in [-0.2, 0) is 0 Å². The van der Waals surface area contributed by atoms with E-state index in [0.29, 0.717) is 0 Å². The van der Waals surface area contributed by atoms with E-state index in [1.165, 1.54) is 52.5 Å². The highest BCUT2D eigenvalue weighted by Crippen LogP contribution is 2.30. The number of hydrogen-bond donors (Lipinski definition) is 0. The molecule has 0 unspecified atom stereocenters. The molecule has 0 saturated heterocycles. The van der Waals surface area contributed by atoms with Gasteiger partial charge in [-0.2, -0.15) is 0 Å². The molecule has 0 bridgehead atoms. The van der Waals surface area contributed by atoms with Gasteiger partial charge in [-0.05, 0) is 102 Å². The van der Waals surface area contributed by atoms with Gasteiger partial charge in [-0.1, -0.05) is 48.5 Å². The Labute approximate surface area is 182 Å². The summed E-state index contributed by atoms with van der Waals surface area (Å²) in [5, 5.41) is 14.7. The average Bonchev–Trinajstić information content (AvgIpc) is 3.40. The first-order chi connectivity index (χ1) is 14.8. The van der Waals surface area contributed by atoms with Crippen molar-refractivity contribution >= 4 is 75.2 Å². The normalized spacial score (nSPS) is 11.3. The monoisotopic (exact) mass is 418 g/mol. The van der Waals surface area contributed by atoms with Gasteiger partial charge in [0.05, 0.1) is 0 Å². The Kier molecular flexibility index (Phi) is 4.26. The summed E-state index contributed by atoms with van der Waals surface area (Å²) in [5.41, 5.74) is 0. The Morgan fingerprint density at radius 1 is 0.333 bits per heavy atom. The van der Waals surface area contributed by atoms with Crippen LogP contribution in [0.25, 0.3) is 52.5 Å². The summed E-state index contributed by atoms with van der Waals surface area (Å²) in [5.74, 6) is 0. The Balaban J connectivity index is 0.000000183. The van der Waals surface area contributed by atoms with E-state index in [1.54, 1.807) is 22.7 Å². The van der Waals surface area contributed by atoms with E-state index in [4.69, 9.17) is 0 Å². The zero-order valence-corrected chi connectivity index (χ0v) is 17.8. The average molecular weight is 419 g/mol. The Hall–Kier alpha value is -3.20. The molecule has 0 amide bonds. The molecule has 5 aromatic carbocycles. The summed E-state index contributed by atoms with van der Waals surface area (Å²) in [7, 11) is 0. The molecule has 0 spiro atoms. The second-order valence-corrected chi connectivity index (χ2v) is 9.41. The second-order valence-electron chi connectivity index (χ2n) is 7.51. The standard InChI is InChI=1S/C22H14.C6H4S2/c1-2-6-16-10-20-14-22-12-18-8-4-3-7-17(18)11-21(22)13-19(20)9-15(16)5-1;1-3-7-6-2-4-8-5(1)6/h1-14H;1-4H. The third kappa shape index (κ3) is 3.15. The minimum Gasteiger partial charge on any atom is -0.143 e. The molecule has 0 fully saturated rings. The van der Waals surface area contributed by atoms with Crippen molar-refractivity contribution in [3.05, 3.63) is 108 Å². The van der Waals surface area contributed by atoms with Gasteiger partial charge in [-0.3, -0.25) is 0 Å². The van der Waals surface area contributed by atoms with Crippen LogP contribution in [0.4, 0.5) is 0 Å². The molecule has 0 aliphatic carbocycles. The van der Waals surface area contributed by atoms with Crippen LogP contribution in [-0.4, -0.2) is 0 Å². The summed E-state index contributed by atoms with van der Waals surface area (Å²) in [6.07, 6.45) is 0. The van der Waals surface area contributed by atoms with Crippen molar-refractivity contribution in [2.45, 2.75) is 0 Å². The van der Waals surface area contributed by atoms with Crippen LogP contribution in [0, 0.1) is 0 Å². The quantitative estimate of drug-likeness (QED) is 0.215. The van der Waals surface area contributed by atoms with Crippen LogP contribution in [0.5, 0.6) is 0 Å². The summed E-state index contributed by atoms with van der Waals surface area (Å²) in [6, 6.07) is 35.2. The van der Waals surface area contributed by atoms with Crippen LogP contribution >= 0.6 is 22.7 Å². The molecule has 0 atom stereocenters. The summed E-state index contributed by atoms with van der Waals surface area (Å²) < 4.78 is 2.82. The van der Waals surface area contributed by atoms with E-state index in [9.17, 15) is 0 Å². The van der Waals surface area contributed by atoms with Gasteiger partial charge in [-0.15, -0.1) is 22.7 Å². The van der Waals surface area contributed by atoms with Gasteiger partial charge < -0.3 is 0 Å². The van der Waals surface area contributed by atoms with Crippen molar-refractivity contribution in [1.82, 2.24) is 0 Å². The first kappa shape index (κ1) is 17.6. The lowest BCUT2D eigenvalue weighted by Crippen LogP contribution is -1.80. The van der Waals surface area contributed by atoms with Crippen molar-refractivity contribution in [2.24, 2.45) is 0 Å². The highest BCUT2D eigenvalue weighted by molar-refractivity contribution is 7.25. The fraction of sp³-hybridized carbons (Fsp3) is 0.